The summed E-state index contributed by atoms with van der Waals surface area (Å²) < 4.78 is 67.5. The summed E-state index contributed by atoms with van der Waals surface area (Å²) in [6, 6.07) is 0. The van der Waals surface area contributed by atoms with Crippen LogP contribution in [0.2, 0.25) is 0 Å². The van der Waals surface area contributed by atoms with E-state index in [-0.39, 0.29) is 25.7 Å². The van der Waals surface area contributed by atoms with E-state index in [1.165, 1.54) is 96.3 Å². The number of hydrogen-bond donors (Lipinski definition) is 3. The maximum absolute atomic E-state index is 12.9. The number of phosphoric ester groups is 2. The number of aliphatic hydroxyl groups excluding tert-OH is 1. The predicted octanol–water partition coefficient (Wildman–Crippen LogP) is 15.5. The Morgan fingerprint density at radius 3 is 0.883 bits per heavy atom. The van der Waals surface area contributed by atoms with Crippen LogP contribution in [0.5, 0.6) is 0 Å². The van der Waals surface area contributed by atoms with Crippen LogP contribution in [0.3, 0.4) is 0 Å². The fraction of sp³-hybridized carbons (Fsp3) is 0.931. The van der Waals surface area contributed by atoms with Gasteiger partial charge in [0.05, 0.1) is 26.4 Å². The minimum atomic E-state index is -4.94. The number of ether oxygens (including phenoxy) is 4. The third kappa shape index (κ3) is 53.2. The zero-order valence-electron chi connectivity index (χ0n) is 49.1. The lowest BCUT2D eigenvalue weighted by Gasteiger charge is -2.21. The van der Waals surface area contributed by atoms with E-state index in [9.17, 15) is 43.2 Å². The first-order chi connectivity index (χ1) is 37.0. The minimum Gasteiger partial charge on any atom is -0.462 e. The molecule has 3 N–H and O–H groups in total. The van der Waals surface area contributed by atoms with Crippen LogP contribution in [0.25, 0.3) is 0 Å². The summed E-state index contributed by atoms with van der Waals surface area (Å²) in [5.41, 5.74) is 0. The molecular weight excluding hydrogens is 1030 g/mol. The molecule has 0 fully saturated rings. The van der Waals surface area contributed by atoms with Crippen LogP contribution in [0.15, 0.2) is 0 Å². The van der Waals surface area contributed by atoms with Crippen molar-refractivity contribution in [3.63, 3.8) is 0 Å². The lowest BCUT2D eigenvalue weighted by molar-refractivity contribution is -0.161. The lowest BCUT2D eigenvalue weighted by Crippen LogP contribution is -2.30. The van der Waals surface area contributed by atoms with Gasteiger partial charge in [-0.25, -0.2) is 9.13 Å². The van der Waals surface area contributed by atoms with E-state index >= 15 is 0 Å². The average Bonchev–Trinajstić information content (AvgIpc) is 3.39. The molecule has 5 atom stereocenters. The van der Waals surface area contributed by atoms with E-state index in [0.29, 0.717) is 31.6 Å². The Morgan fingerprint density at radius 2 is 0.597 bits per heavy atom. The van der Waals surface area contributed by atoms with Crippen LogP contribution < -0.4 is 0 Å². The molecule has 0 aromatic rings. The molecule has 17 nitrogen and oxygen atoms in total. The van der Waals surface area contributed by atoms with Gasteiger partial charge in [0, 0.05) is 25.7 Å². The van der Waals surface area contributed by atoms with Crippen molar-refractivity contribution in [3.8, 4) is 0 Å². The highest BCUT2D eigenvalue weighted by molar-refractivity contribution is 7.47. The third-order valence-electron chi connectivity index (χ3n) is 13.3. The number of carbonyl (C=O) groups excluding carboxylic acids is 4. The number of unbranched alkanes of at least 4 members (excludes halogenated alkanes) is 30. The number of carbonyl (C=O) groups is 4. The molecule has 0 saturated heterocycles. The second-order valence-electron chi connectivity index (χ2n) is 21.5. The number of aliphatic hydroxyl groups is 1. The van der Waals surface area contributed by atoms with Crippen LogP contribution in [0.1, 0.15) is 285 Å². The van der Waals surface area contributed by atoms with Gasteiger partial charge in [0.1, 0.15) is 19.3 Å². The Hall–Kier alpha value is -1.94. The van der Waals surface area contributed by atoms with Crippen LogP contribution in [-0.2, 0) is 65.4 Å². The molecule has 0 rings (SSSR count). The normalized spacial score (nSPS) is 14.4. The average molecular weight is 1140 g/mol. The highest BCUT2D eigenvalue weighted by Crippen LogP contribution is 2.45. The minimum absolute atomic E-state index is 0.105. The quantitative estimate of drug-likeness (QED) is 0.0222. The van der Waals surface area contributed by atoms with Crippen molar-refractivity contribution in [1.29, 1.82) is 0 Å². The highest BCUT2D eigenvalue weighted by atomic mass is 31.2. The monoisotopic (exact) mass is 1140 g/mol. The Labute approximate surface area is 467 Å². The van der Waals surface area contributed by atoms with Crippen LogP contribution in [0, 0.1) is 5.92 Å². The van der Waals surface area contributed by atoms with E-state index in [2.05, 4.69) is 34.6 Å². The first-order valence-electron chi connectivity index (χ1n) is 30.6. The molecular formula is C58H112O17P2. The van der Waals surface area contributed by atoms with Gasteiger partial charge in [-0.2, -0.15) is 0 Å². The summed E-state index contributed by atoms with van der Waals surface area (Å²) in [4.78, 5) is 71.6. The molecule has 0 aliphatic carbocycles. The maximum Gasteiger partial charge on any atom is 0.472 e. The van der Waals surface area contributed by atoms with Crippen LogP contribution in [-0.4, -0.2) is 96.7 Å². The number of phosphoric acid groups is 2. The molecule has 456 valence electrons. The van der Waals surface area contributed by atoms with Crippen molar-refractivity contribution in [3.05, 3.63) is 0 Å². The second kappa shape index (κ2) is 52.2. The molecule has 0 saturated carbocycles. The summed E-state index contributed by atoms with van der Waals surface area (Å²) in [5, 5.41) is 10.5. The molecule has 0 heterocycles. The van der Waals surface area contributed by atoms with Gasteiger partial charge in [0.15, 0.2) is 12.2 Å². The maximum atomic E-state index is 12.9. The molecule has 0 radical (unpaired) electrons. The van der Waals surface area contributed by atoms with Crippen LogP contribution in [0.4, 0.5) is 0 Å². The zero-order chi connectivity index (χ0) is 57.1. The molecule has 77 heavy (non-hydrogen) atoms. The number of rotatable bonds is 58. The van der Waals surface area contributed by atoms with Gasteiger partial charge in [-0.15, -0.1) is 0 Å². The summed E-state index contributed by atoms with van der Waals surface area (Å²) in [7, 11) is -9.86. The third-order valence-corrected chi connectivity index (χ3v) is 15.2. The summed E-state index contributed by atoms with van der Waals surface area (Å²) >= 11 is 0. The first-order valence-corrected chi connectivity index (χ1v) is 33.6. The summed E-state index contributed by atoms with van der Waals surface area (Å²) in [5.74, 6) is -1.45. The highest BCUT2D eigenvalue weighted by Gasteiger charge is 2.30. The van der Waals surface area contributed by atoms with Gasteiger partial charge in [-0.1, -0.05) is 234 Å². The van der Waals surface area contributed by atoms with Gasteiger partial charge < -0.3 is 33.8 Å². The van der Waals surface area contributed by atoms with E-state index in [1.807, 2.05) is 0 Å². The molecule has 0 aliphatic rings. The van der Waals surface area contributed by atoms with E-state index in [1.54, 1.807) is 0 Å². The van der Waals surface area contributed by atoms with Crippen molar-refractivity contribution in [2.75, 3.05) is 39.6 Å². The van der Waals surface area contributed by atoms with Crippen molar-refractivity contribution in [1.82, 2.24) is 0 Å². The van der Waals surface area contributed by atoms with Crippen molar-refractivity contribution >= 4 is 39.5 Å². The molecule has 0 spiro atoms. The van der Waals surface area contributed by atoms with Crippen molar-refractivity contribution in [2.24, 2.45) is 5.92 Å². The standard InChI is InChI=1S/C58H112O17P2/c1-6-9-12-15-17-19-20-21-22-24-28-34-39-44-58(63)75-54(48-69-56(61)42-37-32-29-25-26-31-35-40-51(4)5)50-73-77(66,67)71-46-52(59)45-70-76(64,65)72-49-53(47-68-55(60)41-36-30-14-11-8-3)74-57(62)43-38-33-27-23-18-16-13-10-7-2/h51-54,59H,6-50H2,1-5H3,(H,64,65)(H,66,67)/t52-,53+,54+/m0/s1. The van der Waals surface area contributed by atoms with Gasteiger partial charge in [0.2, 0.25) is 0 Å². The van der Waals surface area contributed by atoms with E-state index in [0.717, 1.165) is 103 Å². The van der Waals surface area contributed by atoms with Crippen molar-refractivity contribution in [2.45, 2.75) is 303 Å². The molecule has 0 amide bonds. The summed E-state index contributed by atoms with van der Waals surface area (Å²) in [6.07, 6.45) is 33.8. The lowest BCUT2D eigenvalue weighted by atomic mass is 10.0. The van der Waals surface area contributed by atoms with Gasteiger partial charge >= 0.3 is 39.5 Å². The first kappa shape index (κ1) is 75.1. The predicted molar refractivity (Wildman–Crippen MR) is 303 cm³/mol. The fourth-order valence-electron chi connectivity index (χ4n) is 8.52. The molecule has 0 aromatic carbocycles. The Kier molecular flexibility index (Phi) is 50.8. The Balaban J connectivity index is 5.18. The van der Waals surface area contributed by atoms with E-state index in [4.69, 9.17) is 37.0 Å². The molecule has 0 aliphatic heterocycles. The molecule has 0 bridgehead atoms. The molecule has 2 unspecified atom stereocenters. The van der Waals surface area contributed by atoms with Crippen LogP contribution >= 0.6 is 15.6 Å². The topological polar surface area (TPSA) is 237 Å². The van der Waals surface area contributed by atoms with Gasteiger partial charge in [-0.05, 0) is 31.6 Å². The van der Waals surface area contributed by atoms with Gasteiger partial charge in [0.25, 0.3) is 0 Å². The largest absolute Gasteiger partial charge is 0.472 e. The fourth-order valence-corrected chi connectivity index (χ4v) is 10.1. The van der Waals surface area contributed by atoms with Gasteiger partial charge in [-0.3, -0.25) is 37.3 Å². The number of hydrogen-bond acceptors (Lipinski definition) is 15. The molecule has 19 heteroatoms. The summed E-state index contributed by atoms with van der Waals surface area (Å²) in [6.45, 7) is 6.99. The Morgan fingerprint density at radius 1 is 0.351 bits per heavy atom. The SMILES string of the molecule is CCCCCCCCCCCCCCCC(=O)O[C@H](COC(=O)CCCCCCCCCC(C)C)COP(=O)(O)OC[C@@H](O)COP(=O)(O)OC[C@@H](COC(=O)CCCCCCC)OC(=O)CCCCCCCCCCC. The second-order valence-corrected chi connectivity index (χ2v) is 24.4. The van der Waals surface area contributed by atoms with E-state index < -0.39 is 97.5 Å². The zero-order valence-corrected chi connectivity index (χ0v) is 50.9. The smallest absolute Gasteiger partial charge is 0.462 e. The number of esters is 4. The Bertz CT molecular complexity index is 1520. The van der Waals surface area contributed by atoms with Crippen molar-refractivity contribution < 1.29 is 80.2 Å². The molecule has 0 aromatic heterocycles.